The van der Waals surface area contributed by atoms with Crippen molar-refractivity contribution < 1.29 is 0 Å². The summed E-state index contributed by atoms with van der Waals surface area (Å²) in [7, 11) is 1.81. The van der Waals surface area contributed by atoms with Crippen LogP contribution in [0.1, 0.15) is 11.1 Å². The molecule has 0 aliphatic rings. The molecule has 0 atom stereocenters. The van der Waals surface area contributed by atoms with E-state index in [1.807, 2.05) is 31.3 Å². The minimum atomic E-state index is 0.153. The number of rotatable bonds is 4. The van der Waals surface area contributed by atoms with Crippen LogP contribution >= 0.6 is 36.0 Å². The zero-order valence-corrected chi connectivity index (χ0v) is 11.7. The van der Waals surface area contributed by atoms with E-state index in [2.05, 4.69) is 29.1 Å². The molecule has 0 radical (unpaired) electrons. The lowest BCUT2D eigenvalue weighted by Gasteiger charge is -2.08. The Morgan fingerprint density at radius 2 is 2.06 bits per heavy atom. The van der Waals surface area contributed by atoms with E-state index in [1.165, 1.54) is 0 Å². The third-order valence-corrected chi connectivity index (χ3v) is 3.15. The van der Waals surface area contributed by atoms with E-state index in [4.69, 9.17) is 23.2 Å². The standard InChI is InChI=1S/C12H12Cl2N2S/c1-8(15-2)10-6-4-3-5-9(10)7-11(13)12(14)16-17/h3-7,15,17H,1H2,2H3/b11-7-,16-12+. The SMILES string of the molecule is C=C(NC)c1ccccc1/C=C(Cl)/C(Cl)=N\S. The molecule has 0 aliphatic heterocycles. The minimum absolute atomic E-state index is 0.153. The molecule has 5 heteroatoms. The van der Waals surface area contributed by atoms with Gasteiger partial charge in [0.1, 0.15) is 0 Å². The molecule has 0 aromatic heterocycles. The lowest BCUT2D eigenvalue weighted by molar-refractivity contribution is 1.13. The quantitative estimate of drug-likeness (QED) is 0.636. The van der Waals surface area contributed by atoms with Crippen molar-refractivity contribution in [1.82, 2.24) is 5.32 Å². The van der Waals surface area contributed by atoms with Crippen LogP contribution in [-0.2, 0) is 0 Å². The van der Waals surface area contributed by atoms with Crippen molar-refractivity contribution in [3.8, 4) is 0 Å². The predicted octanol–water partition coefficient (Wildman–Crippen LogP) is 3.94. The molecule has 90 valence electrons. The Morgan fingerprint density at radius 3 is 2.65 bits per heavy atom. The number of hydrogen-bond acceptors (Lipinski definition) is 3. The molecule has 0 aliphatic carbocycles. The molecule has 1 aromatic carbocycles. The lowest BCUT2D eigenvalue weighted by Crippen LogP contribution is -2.04. The maximum atomic E-state index is 5.99. The number of allylic oxidation sites excluding steroid dienone is 1. The molecule has 17 heavy (non-hydrogen) atoms. The molecule has 0 fully saturated rings. The highest BCUT2D eigenvalue weighted by molar-refractivity contribution is 7.79. The summed E-state index contributed by atoms with van der Waals surface area (Å²) in [5.74, 6) is 0. The Labute approximate surface area is 117 Å². The van der Waals surface area contributed by atoms with Crippen LogP contribution in [0.25, 0.3) is 11.8 Å². The number of hydrogen-bond donors (Lipinski definition) is 2. The summed E-state index contributed by atoms with van der Waals surface area (Å²) in [5, 5.41) is 3.48. The van der Waals surface area contributed by atoms with Crippen molar-refractivity contribution in [1.29, 1.82) is 0 Å². The van der Waals surface area contributed by atoms with E-state index >= 15 is 0 Å². The van der Waals surface area contributed by atoms with Crippen LogP contribution in [0, 0.1) is 0 Å². The first-order valence-corrected chi connectivity index (χ1v) is 5.97. The van der Waals surface area contributed by atoms with Crippen LogP contribution in [0.5, 0.6) is 0 Å². The van der Waals surface area contributed by atoms with Crippen molar-refractivity contribution in [2.24, 2.45) is 4.40 Å². The lowest BCUT2D eigenvalue weighted by atomic mass is 10.0. The Balaban J connectivity index is 3.19. The molecule has 1 aromatic rings. The van der Waals surface area contributed by atoms with E-state index in [1.54, 1.807) is 6.08 Å². The molecule has 2 nitrogen and oxygen atoms in total. The summed E-state index contributed by atoms with van der Waals surface area (Å²) < 4.78 is 3.52. The second-order valence-electron chi connectivity index (χ2n) is 3.20. The van der Waals surface area contributed by atoms with Gasteiger partial charge in [-0.3, -0.25) is 0 Å². The van der Waals surface area contributed by atoms with Gasteiger partial charge in [-0.25, -0.2) is 4.40 Å². The van der Waals surface area contributed by atoms with Gasteiger partial charge in [0.15, 0.2) is 5.17 Å². The van der Waals surface area contributed by atoms with Crippen molar-refractivity contribution in [3.63, 3.8) is 0 Å². The maximum Gasteiger partial charge on any atom is 0.155 e. The van der Waals surface area contributed by atoms with Crippen LogP contribution in [0.2, 0.25) is 0 Å². The van der Waals surface area contributed by atoms with Gasteiger partial charge >= 0.3 is 0 Å². The highest BCUT2D eigenvalue weighted by Gasteiger charge is 2.05. The van der Waals surface area contributed by atoms with Gasteiger partial charge in [0.2, 0.25) is 0 Å². The number of halogens is 2. The Bertz CT molecular complexity index is 481. The van der Waals surface area contributed by atoms with Crippen molar-refractivity contribution in [3.05, 3.63) is 47.0 Å². The van der Waals surface area contributed by atoms with Crippen LogP contribution in [-0.4, -0.2) is 12.2 Å². The van der Waals surface area contributed by atoms with Gasteiger partial charge < -0.3 is 5.32 Å². The van der Waals surface area contributed by atoms with Gasteiger partial charge in [0.25, 0.3) is 0 Å². The fraction of sp³-hybridized carbons (Fsp3) is 0.0833. The Morgan fingerprint density at radius 1 is 1.41 bits per heavy atom. The number of nitrogens with zero attached hydrogens (tertiary/aromatic N) is 1. The summed E-state index contributed by atoms with van der Waals surface area (Å²) in [6, 6.07) is 7.70. The predicted molar refractivity (Wildman–Crippen MR) is 80.6 cm³/mol. The van der Waals surface area contributed by atoms with Gasteiger partial charge in [0.05, 0.1) is 5.03 Å². The average molecular weight is 287 g/mol. The molecule has 0 amide bonds. The molecule has 0 saturated carbocycles. The monoisotopic (exact) mass is 286 g/mol. The van der Waals surface area contributed by atoms with E-state index in [9.17, 15) is 0 Å². The molecular weight excluding hydrogens is 275 g/mol. The largest absolute Gasteiger partial charge is 0.388 e. The first-order valence-electron chi connectivity index (χ1n) is 4.81. The smallest absolute Gasteiger partial charge is 0.155 e. The highest BCUT2D eigenvalue weighted by atomic mass is 35.5. The number of thiol groups is 1. The molecule has 0 bridgehead atoms. The van der Waals surface area contributed by atoms with Gasteiger partial charge in [-0.05, 0) is 24.5 Å². The zero-order valence-electron chi connectivity index (χ0n) is 9.24. The topological polar surface area (TPSA) is 24.4 Å². The number of benzene rings is 1. The summed E-state index contributed by atoms with van der Waals surface area (Å²) in [6.45, 7) is 3.91. The third-order valence-electron chi connectivity index (χ3n) is 2.15. The Hall–Kier alpha value is -0.900. The molecule has 0 unspecified atom stereocenters. The van der Waals surface area contributed by atoms with Crippen molar-refractivity contribution in [2.45, 2.75) is 0 Å². The summed E-state index contributed by atoms with van der Waals surface area (Å²) in [5.41, 5.74) is 2.67. The van der Waals surface area contributed by atoms with Gasteiger partial charge in [-0.1, -0.05) is 54.0 Å². The van der Waals surface area contributed by atoms with Gasteiger partial charge in [-0.15, -0.1) is 0 Å². The molecule has 0 spiro atoms. The zero-order chi connectivity index (χ0) is 12.8. The van der Waals surface area contributed by atoms with Crippen molar-refractivity contribution >= 4 is 53.0 Å². The van der Waals surface area contributed by atoms with E-state index in [-0.39, 0.29) is 5.17 Å². The molecule has 0 heterocycles. The van der Waals surface area contributed by atoms with Crippen LogP contribution < -0.4 is 5.32 Å². The molecule has 0 saturated heterocycles. The second kappa shape index (κ2) is 6.74. The second-order valence-corrected chi connectivity index (χ2v) is 4.16. The van der Waals surface area contributed by atoms with E-state index < -0.39 is 0 Å². The van der Waals surface area contributed by atoms with Gasteiger partial charge in [-0.2, -0.15) is 0 Å². The van der Waals surface area contributed by atoms with E-state index in [0.717, 1.165) is 16.8 Å². The average Bonchev–Trinajstić information content (AvgIpc) is 2.37. The van der Waals surface area contributed by atoms with Crippen LogP contribution in [0.15, 0.2) is 40.3 Å². The maximum absolute atomic E-state index is 5.99. The number of nitrogens with one attached hydrogen (secondary N) is 1. The normalized spacial score (nSPS) is 12.5. The summed E-state index contributed by atoms with van der Waals surface area (Å²) >= 11 is 15.5. The first-order chi connectivity index (χ1) is 8.10. The van der Waals surface area contributed by atoms with Crippen LogP contribution in [0.4, 0.5) is 0 Å². The minimum Gasteiger partial charge on any atom is -0.388 e. The highest BCUT2D eigenvalue weighted by Crippen LogP contribution is 2.21. The van der Waals surface area contributed by atoms with Gasteiger partial charge in [0, 0.05) is 18.3 Å². The van der Waals surface area contributed by atoms with Crippen LogP contribution in [0.3, 0.4) is 0 Å². The van der Waals surface area contributed by atoms with E-state index in [0.29, 0.717) is 5.03 Å². The van der Waals surface area contributed by atoms with Crippen molar-refractivity contribution in [2.75, 3.05) is 7.05 Å². The fourth-order valence-corrected chi connectivity index (χ4v) is 1.66. The molecule has 1 N–H and O–H groups in total. The first kappa shape index (κ1) is 14.2. The summed E-state index contributed by atoms with van der Waals surface area (Å²) in [6.07, 6.45) is 1.72. The third kappa shape index (κ3) is 3.80. The molecular formula is C12H12Cl2N2S. The summed E-state index contributed by atoms with van der Waals surface area (Å²) in [4.78, 5) is 0. The molecule has 1 rings (SSSR count). The fourth-order valence-electron chi connectivity index (χ4n) is 1.28. The Kier molecular flexibility index (Phi) is 5.62.